The second-order valence-corrected chi connectivity index (χ2v) is 5.10. The standard InChI is InChI=1S/C17H14N2O5.2K/c20-16(21)14(17(22)23)24-15-12-8-4-5-9-13(12)19(18-15)10-11-6-2-1-3-7-11;;/h1-9,14H,10H2,(H,20,21)(H,22,23);;/q;2*+1/p-2. The van der Waals surface area contributed by atoms with Crippen LogP contribution in [0.3, 0.4) is 0 Å². The van der Waals surface area contributed by atoms with Gasteiger partial charge in [-0.3, -0.25) is 4.68 Å². The third kappa shape index (κ3) is 5.71. The van der Waals surface area contributed by atoms with Gasteiger partial charge < -0.3 is 24.5 Å². The van der Waals surface area contributed by atoms with Crippen molar-refractivity contribution in [2.24, 2.45) is 0 Å². The first-order valence-corrected chi connectivity index (χ1v) is 7.14. The Bertz CT molecular complexity index is 885. The molecular weight excluding hydrogens is 390 g/mol. The summed E-state index contributed by atoms with van der Waals surface area (Å²) in [5, 5.41) is 26.5. The Labute approximate surface area is 234 Å². The maximum atomic E-state index is 10.9. The van der Waals surface area contributed by atoms with Crippen LogP contribution >= 0.6 is 0 Å². The molecule has 0 aliphatic rings. The number of aromatic nitrogens is 2. The van der Waals surface area contributed by atoms with E-state index in [0.717, 1.165) is 5.56 Å². The fraction of sp³-hybridized carbons (Fsp3) is 0.118. The third-order valence-corrected chi connectivity index (χ3v) is 3.46. The number of rotatable bonds is 6. The van der Waals surface area contributed by atoms with Gasteiger partial charge in [-0.2, -0.15) is 0 Å². The van der Waals surface area contributed by atoms with E-state index in [1.54, 1.807) is 28.9 Å². The second-order valence-electron chi connectivity index (χ2n) is 5.10. The van der Waals surface area contributed by atoms with Crippen LogP contribution in [0.4, 0.5) is 0 Å². The van der Waals surface area contributed by atoms with Crippen LogP contribution in [0.5, 0.6) is 5.88 Å². The topological polar surface area (TPSA) is 107 Å². The first kappa shape index (κ1) is 24.0. The molecule has 7 nitrogen and oxygen atoms in total. The summed E-state index contributed by atoms with van der Waals surface area (Å²) in [4.78, 5) is 21.8. The zero-order valence-corrected chi connectivity index (χ0v) is 20.7. The number of benzene rings is 2. The van der Waals surface area contributed by atoms with E-state index >= 15 is 0 Å². The molecule has 1 heterocycles. The minimum Gasteiger partial charge on any atom is -0.546 e. The molecule has 0 bridgehead atoms. The monoisotopic (exact) mass is 402 g/mol. The molecule has 0 saturated heterocycles. The molecule has 0 aliphatic carbocycles. The van der Waals surface area contributed by atoms with Crippen LogP contribution in [-0.4, -0.2) is 27.8 Å². The van der Waals surface area contributed by atoms with Crippen LogP contribution in [0.15, 0.2) is 54.6 Å². The summed E-state index contributed by atoms with van der Waals surface area (Å²) in [5.74, 6) is -3.88. The van der Waals surface area contributed by atoms with E-state index in [1.807, 2.05) is 30.3 Å². The predicted octanol–water partition coefficient (Wildman–Crippen LogP) is -6.66. The van der Waals surface area contributed by atoms with Gasteiger partial charge in [-0.1, -0.05) is 42.5 Å². The van der Waals surface area contributed by atoms with E-state index in [2.05, 4.69) is 5.10 Å². The fourth-order valence-electron chi connectivity index (χ4n) is 2.36. The molecule has 0 saturated carbocycles. The Morgan fingerprint density at radius 2 is 1.54 bits per heavy atom. The summed E-state index contributed by atoms with van der Waals surface area (Å²) >= 11 is 0. The number of fused-ring (bicyclic) bond motifs is 1. The number of aliphatic carboxylic acids is 2. The molecule has 3 rings (SSSR count). The molecule has 1 aromatic heterocycles. The van der Waals surface area contributed by atoms with E-state index < -0.39 is 18.0 Å². The van der Waals surface area contributed by atoms with Crippen molar-refractivity contribution in [3.63, 3.8) is 0 Å². The summed E-state index contributed by atoms with van der Waals surface area (Å²) < 4.78 is 6.63. The molecule has 0 unspecified atom stereocenters. The van der Waals surface area contributed by atoms with Gasteiger partial charge in [0.2, 0.25) is 5.88 Å². The smallest absolute Gasteiger partial charge is 0.546 e. The minimum atomic E-state index is -2.23. The first-order chi connectivity index (χ1) is 11.6. The number of ether oxygens (including phenoxy) is 1. The summed E-state index contributed by atoms with van der Waals surface area (Å²) in [6, 6.07) is 16.5. The van der Waals surface area contributed by atoms with Gasteiger partial charge in [-0.25, -0.2) is 0 Å². The molecule has 2 aromatic carbocycles. The maximum absolute atomic E-state index is 10.9. The molecule has 0 N–H and O–H groups in total. The average molecular weight is 402 g/mol. The number of hydrogen-bond acceptors (Lipinski definition) is 6. The average Bonchev–Trinajstić information content (AvgIpc) is 2.91. The molecule has 26 heavy (non-hydrogen) atoms. The van der Waals surface area contributed by atoms with Crippen molar-refractivity contribution in [3.05, 3.63) is 60.2 Å². The quantitative estimate of drug-likeness (QED) is 0.300. The van der Waals surface area contributed by atoms with Gasteiger partial charge in [0.15, 0.2) is 6.10 Å². The van der Waals surface area contributed by atoms with Crippen LogP contribution in [0.1, 0.15) is 5.56 Å². The zero-order valence-electron chi connectivity index (χ0n) is 14.4. The van der Waals surface area contributed by atoms with Crippen LogP contribution in [0.2, 0.25) is 0 Å². The molecule has 3 aromatic rings. The van der Waals surface area contributed by atoms with E-state index in [9.17, 15) is 19.8 Å². The van der Waals surface area contributed by atoms with E-state index in [1.165, 1.54) is 0 Å². The van der Waals surface area contributed by atoms with Gasteiger partial charge in [0.05, 0.1) is 29.4 Å². The SMILES string of the molecule is O=C([O-])C(Oc1nn(Cc2ccccc2)c2ccccc12)C(=O)[O-].[K+].[K+]. The van der Waals surface area contributed by atoms with Gasteiger partial charge in [0.1, 0.15) is 0 Å². The van der Waals surface area contributed by atoms with Gasteiger partial charge >= 0.3 is 103 Å². The van der Waals surface area contributed by atoms with Gasteiger partial charge in [-0.05, 0) is 17.7 Å². The number of carboxylic acids is 2. The van der Waals surface area contributed by atoms with E-state index in [-0.39, 0.29) is 109 Å². The van der Waals surface area contributed by atoms with E-state index in [0.29, 0.717) is 17.4 Å². The molecule has 0 aliphatic heterocycles. The molecule has 0 amide bonds. The molecule has 0 fully saturated rings. The van der Waals surface area contributed by atoms with Crippen molar-refractivity contribution < 1.29 is 127 Å². The number of carbonyl (C=O) groups excluding carboxylic acids is 2. The molecule has 0 radical (unpaired) electrons. The number of nitrogens with zero attached hydrogens (tertiary/aromatic N) is 2. The number of carboxylic acid groups (broad SMARTS) is 2. The first-order valence-electron chi connectivity index (χ1n) is 7.14. The number of hydrogen-bond donors (Lipinski definition) is 0. The fourth-order valence-corrected chi connectivity index (χ4v) is 2.36. The largest absolute Gasteiger partial charge is 1.00 e. The van der Waals surface area contributed by atoms with Crippen molar-refractivity contribution in [1.82, 2.24) is 9.78 Å². The van der Waals surface area contributed by atoms with Crippen molar-refractivity contribution in [2.75, 3.05) is 0 Å². The maximum Gasteiger partial charge on any atom is 1.00 e. The van der Waals surface area contributed by atoms with Crippen molar-refractivity contribution in [1.29, 1.82) is 0 Å². The van der Waals surface area contributed by atoms with Gasteiger partial charge in [-0.15, -0.1) is 5.10 Å². The Balaban J connectivity index is 0.00000169. The molecule has 9 heteroatoms. The summed E-state index contributed by atoms with van der Waals surface area (Å²) in [6.45, 7) is 0.423. The van der Waals surface area contributed by atoms with Crippen molar-refractivity contribution in [2.45, 2.75) is 12.6 Å². The Morgan fingerprint density at radius 3 is 2.15 bits per heavy atom. The van der Waals surface area contributed by atoms with Crippen LogP contribution in [0, 0.1) is 0 Å². The predicted molar refractivity (Wildman–Crippen MR) is 79.7 cm³/mol. The second kappa shape index (κ2) is 11.1. The summed E-state index contributed by atoms with van der Waals surface area (Å²) in [5.41, 5.74) is 1.67. The van der Waals surface area contributed by atoms with E-state index in [4.69, 9.17) is 4.74 Å². The van der Waals surface area contributed by atoms with Crippen LogP contribution in [0.25, 0.3) is 10.9 Å². The van der Waals surface area contributed by atoms with Gasteiger partial charge in [0, 0.05) is 0 Å². The molecule has 0 spiro atoms. The van der Waals surface area contributed by atoms with Crippen molar-refractivity contribution in [3.8, 4) is 5.88 Å². The Hall–Kier alpha value is -0.0773. The zero-order chi connectivity index (χ0) is 17.1. The Morgan fingerprint density at radius 1 is 0.962 bits per heavy atom. The number of carbonyl (C=O) groups is 2. The molecular formula is C17H12K2N2O5. The minimum absolute atomic E-state index is 0. The van der Waals surface area contributed by atoms with Gasteiger partial charge in [0.25, 0.3) is 0 Å². The summed E-state index contributed by atoms with van der Waals surface area (Å²) in [7, 11) is 0. The Kier molecular flexibility index (Phi) is 10.2. The molecule has 0 atom stereocenters. The van der Waals surface area contributed by atoms with Crippen LogP contribution in [-0.2, 0) is 16.1 Å². The normalized spacial score (nSPS) is 10.0. The number of para-hydroxylation sites is 1. The molecule has 122 valence electrons. The third-order valence-electron chi connectivity index (χ3n) is 3.46. The van der Waals surface area contributed by atoms with Crippen LogP contribution < -0.4 is 118 Å². The van der Waals surface area contributed by atoms with Crippen molar-refractivity contribution >= 4 is 22.8 Å². The summed E-state index contributed by atoms with van der Waals surface area (Å²) in [6.07, 6.45) is -2.23.